The average Bonchev–Trinajstić information content (AvgIpc) is 2.49. The number of anilines is 1. The fourth-order valence-electron chi connectivity index (χ4n) is 1.75. The van der Waals surface area contributed by atoms with Crippen LogP contribution in [0.4, 0.5) is 5.82 Å². The third kappa shape index (κ3) is 4.54. The maximum Gasteiger partial charge on any atom is 0.266 e. The molecule has 0 atom stereocenters. The second-order valence-corrected chi connectivity index (χ2v) is 6.05. The smallest absolute Gasteiger partial charge is 0.266 e. The molecular weight excluding hydrogens is 400 g/mol. The van der Waals surface area contributed by atoms with Crippen molar-refractivity contribution < 1.29 is 9.53 Å². The van der Waals surface area contributed by atoms with Gasteiger partial charge < -0.3 is 4.74 Å². The van der Waals surface area contributed by atoms with Gasteiger partial charge in [0.1, 0.15) is 11.6 Å². The monoisotopic (exact) mass is 412 g/mol. The number of benzene rings is 1. The van der Waals surface area contributed by atoms with E-state index in [1.807, 2.05) is 37.3 Å². The lowest BCUT2D eigenvalue weighted by Gasteiger charge is -2.20. The minimum Gasteiger partial charge on any atom is -0.484 e. The van der Waals surface area contributed by atoms with E-state index in [0.29, 0.717) is 18.1 Å². The predicted molar refractivity (Wildman–Crippen MR) is 89.6 cm³/mol. The summed E-state index contributed by atoms with van der Waals surface area (Å²) in [5.41, 5.74) is 0. The van der Waals surface area contributed by atoms with Crippen molar-refractivity contribution in [1.29, 1.82) is 0 Å². The second-order valence-electron chi connectivity index (χ2n) is 4.22. The standard InChI is InChI=1S/C15H14Br2N2O2/c1-2-19(14-8-5-12(17)9-18-14)15(20)10-21-13-6-3-11(16)4-7-13/h3-9H,2,10H2,1H3. The number of carbonyl (C=O) groups is 1. The first-order chi connectivity index (χ1) is 10.1. The maximum atomic E-state index is 12.2. The zero-order chi connectivity index (χ0) is 15.2. The lowest BCUT2D eigenvalue weighted by atomic mass is 10.3. The van der Waals surface area contributed by atoms with Crippen LogP contribution in [0, 0.1) is 0 Å². The van der Waals surface area contributed by atoms with Gasteiger partial charge in [0, 0.05) is 21.7 Å². The van der Waals surface area contributed by atoms with Crippen molar-refractivity contribution in [2.45, 2.75) is 6.92 Å². The van der Waals surface area contributed by atoms with Gasteiger partial charge in [-0.2, -0.15) is 0 Å². The number of carbonyl (C=O) groups excluding carboxylic acids is 1. The highest BCUT2D eigenvalue weighted by atomic mass is 79.9. The summed E-state index contributed by atoms with van der Waals surface area (Å²) in [6.45, 7) is 2.42. The summed E-state index contributed by atoms with van der Waals surface area (Å²) in [7, 11) is 0. The molecule has 0 aliphatic heterocycles. The molecule has 6 heteroatoms. The Morgan fingerprint density at radius 1 is 1.14 bits per heavy atom. The van der Waals surface area contributed by atoms with Gasteiger partial charge >= 0.3 is 0 Å². The molecule has 0 unspecified atom stereocenters. The van der Waals surface area contributed by atoms with Crippen LogP contribution in [0.3, 0.4) is 0 Å². The zero-order valence-electron chi connectivity index (χ0n) is 11.4. The SMILES string of the molecule is CCN(C(=O)COc1ccc(Br)cc1)c1ccc(Br)cn1. The Hall–Kier alpha value is -1.40. The van der Waals surface area contributed by atoms with Gasteiger partial charge in [0.25, 0.3) is 5.91 Å². The molecule has 110 valence electrons. The van der Waals surface area contributed by atoms with E-state index in [9.17, 15) is 4.79 Å². The number of aromatic nitrogens is 1. The van der Waals surface area contributed by atoms with E-state index in [2.05, 4.69) is 36.8 Å². The quantitative estimate of drug-likeness (QED) is 0.742. The van der Waals surface area contributed by atoms with Crippen molar-refractivity contribution in [2.75, 3.05) is 18.1 Å². The molecule has 0 radical (unpaired) electrons. The van der Waals surface area contributed by atoms with Crippen LogP contribution in [-0.4, -0.2) is 24.0 Å². The molecule has 0 aliphatic rings. The van der Waals surface area contributed by atoms with E-state index in [1.165, 1.54) is 0 Å². The van der Waals surface area contributed by atoms with Crippen molar-refractivity contribution in [2.24, 2.45) is 0 Å². The fourth-order valence-corrected chi connectivity index (χ4v) is 2.25. The topological polar surface area (TPSA) is 42.4 Å². The summed E-state index contributed by atoms with van der Waals surface area (Å²) in [5.74, 6) is 1.15. The number of pyridine rings is 1. The number of halogens is 2. The molecule has 2 aromatic rings. The summed E-state index contributed by atoms with van der Waals surface area (Å²) >= 11 is 6.68. The molecule has 1 aromatic carbocycles. The number of ether oxygens (including phenoxy) is 1. The lowest BCUT2D eigenvalue weighted by molar-refractivity contribution is -0.120. The van der Waals surface area contributed by atoms with Crippen LogP contribution in [0.2, 0.25) is 0 Å². The third-order valence-electron chi connectivity index (χ3n) is 2.78. The van der Waals surface area contributed by atoms with E-state index in [1.54, 1.807) is 17.2 Å². The van der Waals surface area contributed by atoms with E-state index in [0.717, 1.165) is 8.95 Å². The minimum absolute atomic E-state index is 0.0206. The van der Waals surface area contributed by atoms with Crippen molar-refractivity contribution in [1.82, 2.24) is 4.98 Å². The Labute approximate surface area is 140 Å². The number of rotatable bonds is 5. The Balaban J connectivity index is 2.00. The molecule has 0 fully saturated rings. The van der Waals surface area contributed by atoms with Gasteiger partial charge in [-0.3, -0.25) is 9.69 Å². The van der Waals surface area contributed by atoms with Gasteiger partial charge in [-0.1, -0.05) is 15.9 Å². The predicted octanol–water partition coefficient (Wildman–Crippen LogP) is 4.04. The molecule has 0 N–H and O–H groups in total. The highest BCUT2D eigenvalue weighted by Crippen LogP contribution is 2.17. The number of hydrogen-bond donors (Lipinski definition) is 0. The summed E-state index contributed by atoms with van der Waals surface area (Å²) in [6, 6.07) is 11.0. The molecule has 0 bridgehead atoms. The molecule has 1 aromatic heterocycles. The van der Waals surface area contributed by atoms with E-state index in [4.69, 9.17) is 4.74 Å². The Bertz CT molecular complexity index is 600. The van der Waals surface area contributed by atoms with Crippen molar-refractivity contribution in [3.05, 3.63) is 51.5 Å². The van der Waals surface area contributed by atoms with Gasteiger partial charge in [-0.25, -0.2) is 4.98 Å². The summed E-state index contributed by atoms with van der Waals surface area (Å²) in [5, 5.41) is 0. The second kappa shape index (κ2) is 7.56. The zero-order valence-corrected chi connectivity index (χ0v) is 14.6. The molecule has 0 saturated heterocycles. The molecule has 4 nitrogen and oxygen atoms in total. The minimum atomic E-state index is -0.129. The van der Waals surface area contributed by atoms with E-state index < -0.39 is 0 Å². The number of amides is 1. The Morgan fingerprint density at radius 3 is 2.38 bits per heavy atom. The number of likely N-dealkylation sites (N-methyl/N-ethyl adjacent to an activating group) is 1. The molecule has 1 amide bonds. The van der Waals surface area contributed by atoms with Crippen LogP contribution in [0.25, 0.3) is 0 Å². The molecule has 0 saturated carbocycles. The van der Waals surface area contributed by atoms with Gasteiger partial charge in [-0.15, -0.1) is 0 Å². The highest BCUT2D eigenvalue weighted by Gasteiger charge is 2.15. The molecule has 2 rings (SSSR count). The van der Waals surface area contributed by atoms with Crippen LogP contribution < -0.4 is 9.64 Å². The van der Waals surface area contributed by atoms with Crippen LogP contribution in [0.15, 0.2) is 51.5 Å². The summed E-state index contributed by atoms with van der Waals surface area (Å²) < 4.78 is 7.35. The Morgan fingerprint density at radius 2 is 1.81 bits per heavy atom. The molecule has 21 heavy (non-hydrogen) atoms. The lowest BCUT2D eigenvalue weighted by Crippen LogP contribution is -2.35. The molecule has 0 spiro atoms. The number of hydrogen-bond acceptors (Lipinski definition) is 3. The normalized spacial score (nSPS) is 10.2. The molecule has 1 heterocycles. The van der Waals surface area contributed by atoms with Crippen LogP contribution in [0.5, 0.6) is 5.75 Å². The first kappa shape index (κ1) is 16.0. The van der Waals surface area contributed by atoms with Crippen molar-refractivity contribution in [3.8, 4) is 5.75 Å². The fraction of sp³-hybridized carbons (Fsp3) is 0.200. The van der Waals surface area contributed by atoms with E-state index >= 15 is 0 Å². The van der Waals surface area contributed by atoms with E-state index in [-0.39, 0.29) is 12.5 Å². The largest absolute Gasteiger partial charge is 0.484 e. The first-order valence-electron chi connectivity index (χ1n) is 6.40. The van der Waals surface area contributed by atoms with Gasteiger partial charge in [0.2, 0.25) is 0 Å². The third-order valence-corrected chi connectivity index (χ3v) is 3.78. The van der Waals surface area contributed by atoms with Gasteiger partial charge in [0.15, 0.2) is 6.61 Å². The van der Waals surface area contributed by atoms with Crippen LogP contribution in [-0.2, 0) is 4.79 Å². The van der Waals surface area contributed by atoms with Gasteiger partial charge in [0.05, 0.1) is 0 Å². The van der Waals surface area contributed by atoms with Gasteiger partial charge in [-0.05, 0) is 59.3 Å². The molecule has 0 aliphatic carbocycles. The molecular formula is C15H14Br2N2O2. The maximum absolute atomic E-state index is 12.2. The first-order valence-corrected chi connectivity index (χ1v) is 7.99. The average molecular weight is 414 g/mol. The highest BCUT2D eigenvalue weighted by molar-refractivity contribution is 9.10. The summed E-state index contributed by atoms with van der Waals surface area (Å²) in [6.07, 6.45) is 1.67. The number of nitrogens with zero attached hydrogens (tertiary/aromatic N) is 2. The van der Waals surface area contributed by atoms with Crippen LogP contribution in [0.1, 0.15) is 6.92 Å². The summed E-state index contributed by atoms with van der Waals surface area (Å²) in [4.78, 5) is 18.1. The van der Waals surface area contributed by atoms with Crippen molar-refractivity contribution in [3.63, 3.8) is 0 Å². The van der Waals surface area contributed by atoms with Crippen LogP contribution >= 0.6 is 31.9 Å². The van der Waals surface area contributed by atoms with Crippen molar-refractivity contribution >= 4 is 43.6 Å². The Kier molecular flexibility index (Phi) is 5.76.